The van der Waals surface area contributed by atoms with Crippen molar-refractivity contribution in [2.24, 2.45) is 0 Å². The zero-order valence-electron chi connectivity index (χ0n) is 9.00. The lowest BCUT2D eigenvalue weighted by Crippen LogP contribution is -2.34. The monoisotopic (exact) mass is 235 g/mol. The molecule has 0 saturated heterocycles. The Hall–Kier alpha value is -0.930. The average Bonchev–Trinajstić information content (AvgIpc) is 2.59. The van der Waals surface area contributed by atoms with Crippen LogP contribution < -0.4 is 5.32 Å². The van der Waals surface area contributed by atoms with E-state index in [2.05, 4.69) is 10.7 Å². The van der Waals surface area contributed by atoms with Crippen LogP contribution in [-0.2, 0) is 6.54 Å². The SMILES string of the molecule is Fc1ccc2scc(CNC3CCC3)c2c1. The molecule has 1 saturated carbocycles. The lowest BCUT2D eigenvalue weighted by atomic mass is 9.93. The average molecular weight is 235 g/mol. The third-order valence-corrected chi connectivity index (χ3v) is 4.31. The highest BCUT2D eigenvalue weighted by molar-refractivity contribution is 7.17. The van der Waals surface area contributed by atoms with E-state index in [0.717, 1.165) is 11.9 Å². The molecule has 0 radical (unpaired) electrons. The van der Waals surface area contributed by atoms with E-state index >= 15 is 0 Å². The normalized spacial score (nSPS) is 16.6. The van der Waals surface area contributed by atoms with Crippen LogP contribution in [0.3, 0.4) is 0 Å². The molecule has 0 unspecified atom stereocenters. The molecular formula is C13H14FNS. The molecule has 1 heterocycles. The number of benzene rings is 1. The van der Waals surface area contributed by atoms with Gasteiger partial charge in [0.1, 0.15) is 5.82 Å². The van der Waals surface area contributed by atoms with E-state index in [-0.39, 0.29) is 5.82 Å². The minimum atomic E-state index is -0.143. The minimum absolute atomic E-state index is 0.143. The Morgan fingerprint density at radius 1 is 1.38 bits per heavy atom. The lowest BCUT2D eigenvalue weighted by molar-refractivity contribution is 0.339. The molecule has 3 heteroatoms. The minimum Gasteiger partial charge on any atom is -0.310 e. The number of nitrogens with one attached hydrogen (secondary N) is 1. The molecule has 1 aliphatic rings. The summed E-state index contributed by atoms with van der Waals surface area (Å²) < 4.78 is 14.3. The van der Waals surface area contributed by atoms with Crippen LogP contribution >= 0.6 is 11.3 Å². The fraction of sp³-hybridized carbons (Fsp3) is 0.385. The molecule has 1 aliphatic carbocycles. The number of rotatable bonds is 3. The second-order valence-corrected chi connectivity index (χ2v) is 5.32. The Morgan fingerprint density at radius 3 is 3.00 bits per heavy atom. The smallest absolute Gasteiger partial charge is 0.123 e. The van der Waals surface area contributed by atoms with Gasteiger partial charge in [-0.25, -0.2) is 4.39 Å². The zero-order valence-corrected chi connectivity index (χ0v) is 9.82. The molecule has 0 atom stereocenters. The van der Waals surface area contributed by atoms with E-state index < -0.39 is 0 Å². The van der Waals surface area contributed by atoms with Crippen molar-refractivity contribution in [2.75, 3.05) is 0 Å². The first kappa shape index (κ1) is 10.2. The first-order valence-corrected chi connectivity index (χ1v) is 6.60. The highest BCUT2D eigenvalue weighted by atomic mass is 32.1. The summed E-state index contributed by atoms with van der Waals surface area (Å²) >= 11 is 1.69. The van der Waals surface area contributed by atoms with Crippen molar-refractivity contribution >= 4 is 21.4 Å². The van der Waals surface area contributed by atoms with Gasteiger partial charge < -0.3 is 5.32 Å². The van der Waals surface area contributed by atoms with Gasteiger partial charge in [0.15, 0.2) is 0 Å². The van der Waals surface area contributed by atoms with Gasteiger partial charge in [0.05, 0.1) is 0 Å². The molecule has 0 aliphatic heterocycles. The highest BCUT2D eigenvalue weighted by Crippen LogP contribution is 2.27. The fourth-order valence-electron chi connectivity index (χ4n) is 2.06. The molecule has 0 bridgehead atoms. The quantitative estimate of drug-likeness (QED) is 0.855. The van der Waals surface area contributed by atoms with Crippen LogP contribution in [-0.4, -0.2) is 6.04 Å². The molecule has 3 rings (SSSR count). The van der Waals surface area contributed by atoms with Gasteiger partial charge in [0.2, 0.25) is 0 Å². The predicted octanol–water partition coefficient (Wildman–Crippen LogP) is 3.68. The highest BCUT2D eigenvalue weighted by Gasteiger charge is 2.16. The Bertz CT molecular complexity index is 502. The Kier molecular flexibility index (Phi) is 2.65. The van der Waals surface area contributed by atoms with Gasteiger partial charge in [-0.15, -0.1) is 11.3 Å². The van der Waals surface area contributed by atoms with Crippen LogP contribution in [0.2, 0.25) is 0 Å². The summed E-state index contributed by atoms with van der Waals surface area (Å²) in [5.41, 5.74) is 1.23. The molecule has 0 amide bonds. The topological polar surface area (TPSA) is 12.0 Å². The Morgan fingerprint density at radius 2 is 2.25 bits per heavy atom. The van der Waals surface area contributed by atoms with Crippen molar-refractivity contribution in [1.82, 2.24) is 5.32 Å². The largest absolute Gasteiger partial charge is 0.310 e. The third kappa shape index (κ3) is 1.85. The first-order chi connectivity index (χ1) is 7.83. The van der Waals surface area contributed by atoms with E-state index in [0.29, 0.717) is 6.04 Å². The summed E-state index contributed by atoms with van der Waals surface area (Å²) in [6.45, 7) is 0.869. The molecule has 2 aromatic rings. The summed E-state index contributed by atoms with van der Waals surface area (Å²) in [5, 5.41) is 6.72. The van der Waals surface area contributed by atoms with Crippen molar-refractivity contribution in [3.05, 3.63) is 35.0 Å². The van der Waals surface area contributed by atoms with Crippen molar-refractivity contribution in [1.29, 1.82) is 0 Å². The summed E-state index contributed by atoms with van der Waals surface area (Å²) in [7, 11) is 0. The number of hydrogen-bond donors (Lipinski definition) is 1. The summed E-state index contributed by atoms with van der Waals surface area (Å²) in [6.07, 6.45) is 3.92. The number of hydrogen-bond acceptors (Lipinski definition) is 2. The van der Waals surface area contributed by atoms with E-state index in [1.54, 1.807) is 17.4 Å². The third-order valence-electron chi connectivity index (χ3n) is 3.30. The molecular weight excluding hydrogens is 221 g/mol. The summed E-state index contributed by atoms with van der Waals surface area (Å²) in [5.74, 6) is -0.143. The number of fused-ring (bicyclic) bond motifs is 1. The van der Waals surface area contributed by atoms with Crippen LogP contribution in [0.15, 0.2) is 23.6 Å². The van der Waals surface area contributed by atoms with Crippen LogP contribution in [0.4, 0.5) is 4.39 Å². The zero-order chi connectivity index (χ0) is 11.0. The molecule has 1 fully saturated rings. The second kappa shape index (κ2) is 4.15. The maximum absolute atomic E-state index is 13.2. The molecule has 1 nitrogen and oxygen atoms in total. The van der Waals surface area contributed by atoms with Gasteiger partial charge in [-0.2, -0.15) is 0 Å². The van der Waals surface area contributed by atoms with Crippen LogP contribution in [0.5, 0.6) is 0 Å². The lowest BCUT2D eigenvalue weighted by Gasteiger charge is -2.26. The Labute approximate surface area is 98.3 Å². The van der Waals surface area contributed by atoms with Crippen molar-refractivity contribution in [3.8, 4) is 0 Å². The predicted molar refractivity (Wildman–Crippen MR) is 66.3 cm³/mol. The van der Waals surface area contributed by atoms with E-state index in [1.165, 1.54) is 35.6 Å². The van der Waals surface area contributed by atoms with Gasteiger partial charge >= 0.3 is 0 Å². The van der Waals surface area contributed by atoms with Gasteiger partial charge in [-0.1, -0.05) is 6.42 Å². The molecule has 1 N–H and O–H groups in total. The fourth-order valence-corrected chi connectivity index (χ4v) is 3.00. The maximum Gasteiger partial charge on any atom is 0.123 e. The Balaban J connectivity index is 1.82. The van der Waals surface area contributed by atoms with Gasteiger partial charge in [0.25, 0.3) is 0 Å². The van der Waals surface area contributed by atoms with Crippen LogP contribution in [0.25, 0.3) is 10.1 Å². The molecule has 1 aromatic carbocycles. The van der Waals surface area contributed by atoms with Gasteiger partial charge in [-0.05, 0) is 47.4 Å². The van der Waals surface area contributed by atoms with Crippen LogP contribution in [0.1, 0.15) is 24.8 Å². The van der Waals surface area contributed by atoms with Gasteiger partial charge in [0, 0.05) is 17.3 Å². The summed E-state index contributed by atoms with van der Waals surface area (Å²) in [6, 6.07) is 5.72. The van der Waals surface area contributed by atoms with E-state index in [1.807, 2.05) is 6.07 Å². The number of halogens is 1. The van der Waals surface area contributed by atoms with E-state index in [4.69, 9.17) is 0 Å². The second-order valence-electron chi connectivity index (χ2n) is 4.41. The molecule has 84 valence electrons. The van der Waals surface area contributed by atoms with Crippen molar-refractivity contribution in [3.63, 3.8) is 0 Å². The molecule has 0 spiro atoms. The molecule has 1 aromatic heterocycles. The summed E-state index contributed by atoms with van der Waals surface area (Å²) in [4.78, 5) is 0. The first-order valence-electron chi connectivity index (χ1n) is 5.72. The maximum atomic E-state index is 13.2. The van der Waals surface area contributed by atoms with Gasteiger partial charge in [-0.3, -0.25) is 0 Å². The van der Waals surface area contributed by atoms with Crippen molar-refractivity contribution in [2.45, 2.75) is 31.8 Å². The van der Waals surface area contributed by atoms with Crippen LogP contribution in [0, 0.1) is 5.82 Å². The number of thiophene rings is 1. The van der Waals surface area contributed by atoms with Crippen molar-refractivity contribution < 1.29 is 4.39 Å². The standard InChI is InChI=1S/C13H14FNS/c14-10-4-5-13-12(6-10)9(8-16-13)7-15-11-2-1-3-11/h4-6,8,11,15H,1-3,7H2. The molecule has 16 heavy (non-hydrogen) atoms. The van der Waals surface area contributed by atoms with E-state index in [9.17, 15) is 4.39 Å².